The van der Waals surface area contributed by atoms with E-state index < -0.39 is 0 Å². The Labute approximate surface area is 170 Å². The van der Waals surface area contributed by atoms with Crippen molar-refractivity contribution in [3.8, 4) is 0 Å². The fourth-order valence-corrected chi connectivity index (χ4v) is 5.32. The van der Waals surface area contributed by atoms with Crippen LogP contribution in [0.4, 0.5) is 10.3 Å². The van der Waals surface area contributed by atoms with Gasteiger partial charge in [0.1, 0.15) is 0 Å². The van der Waals surface area contributed by atoms with E-state index in [1.54, 1.807) is 4.90 Å². The minimum absolute atomic E-state index is 0.126. The lowest BCUT2D eigenvalue weighted by atomic mass is 9.95. The minimum Gasteiger partial charge on any atom is -0.347 e. The lowest BCUT2D eigenvalue weighted by Gasteiger charge is -2.38. The van der Waals surface area contributed by atoms with Gasteiger partial charge < -0.3 is 9.80 Å². The smallest absolute Gasteiger partial charge is 0.228 e. The van der Waals surface area contributed by atoms with Crippen LogP contribution in [0.15, 0.2) is 0 Å². The van der Waals surface area contributed by atoms with Crippen LogP contribution in [-0.2, 0) is 9.59 Å². The molecule has 3 aliphatic rings. The molecule has 28 heavy (non-hydrogen) atoms. The van der Waals surface area contributed by atoms with E-state index in [-0.39, 0.29) is 11.8 Å². The maximum Gasteiger partial charge on any atom is 0.228 e. The standard InChI is InChI=1S/C19H30N6O2S/c1-2-7-22-11-13-23(14-12-22)17(27)15-5-9-24(10-6-15)18-20-21-19(28-18)25-8-3-4-16(25)26/h15H,2-14H2,1H3. The Hall–Kier alpha value is -1.74. The molecule has 8 nitrogen and oxygen atoms in total. The number of hydrogen-bond acceptors (Lipinski definition) is 7. The maximum atomic E-state index is 12.9. The number of carbonyl (C=O) groups is 2. The molecule has 154 valence electrons. The van der Waals surface area contributed by atoms with Crippen molar-refractivity contribution >= 4 is 33.4 Å². The van der Waals surface area contributed by atoms with Gasteiger partial charge in [0.2, 0.25) is 22.1 Å². The van der Waals surface area contributed by atoms with Gasteiger partial charge in [0.05, 0.1) is 0 Å². The molecule has 4 heterocycles. The third-order valence-electron chi connectivity index (χ3n) is 6.05. The highest BCUT2D eigenvalue weighted by Gasteiger charge is 2.32. The van der Waals surface area contributed by atoms with Crippen molar-refractivity contribution in [1.82, 2.24) is 20.0 Å². The van der Waals surface area contributed by atoms with Crippen molar-refractivity contribution in [3.63, 3.8) is 0 Å². The number of amides is 2. The van der Waals surface area contributed by atoms with Crippen LogP contribution >= 0.6 is 11.3 Å². The van der Waals surface area contributed by atoms with Crippen molar-refractivity contribution < 1.29 is 9.59 Å². The van der Waals surface area contributed by atoms with Crippen LogP contribution in [0.5, 0.6) is 0 Å². The van der Waals surface area contributed by atoms with Gasteiger partial charge in [0.15, 0.2) is 0 Å². The van der Waals surface area contributed by atoms with E-state index in [1.807, 2.05) is 0 Å². The summed E-state index contributed by atoms with van der Waals surface area (Å²) in [6, 6.07) is 0. The molecular weight excluding hydrogens is 376 g/mol. The SMILES string of the molecule is CCCN1CCN(C(=O)C2CCN(c3nnc(N4CCCC4=O)s3)CC2)CC1. The highest BCUT2D eigenvalue weighted by molar-refractivity contribution is 7.19. The molecule has 0 unspecified atom stereocenters. The van der Waals surface area contributed by atoms with Gasteiger partial charge in [0.25, 0.3) is 0 Å². The number of carbonyl (C=O) groups excluding carboxylic acids is 2. The molecule has 2 amide bonds. The van der Waals surface area contributed by atoms with Gasteiger partial charge in [-0.05, 0) is 32.2 Å². The Bertz CT molecular complexity index is 694. The quantitative estimate of drug-likeness (QED) is 0.737. The summed E-state index contributed by atoms with van der Waals surface area (Å²) in [5, 5.41) is 10.1. The molecule has 0 spiro atoms. The van der Waals surface area contributed by atoms with Gasteiger partial charge in [-0.2, -0.15) is 0 Å². The van der Waals surface area contributed by atoms with Gasteiger partial charge in [-0.3, -0.25) is 19.4 Å². The van der Waals surface area contributed by atoms with E-state index in [1.165, 1.54) is 17.8 Å². The number of piperidine rings is 1. The first-order valence-corrected chi connectivity index (χ1v) is 11.4. The topological polar surface area (TPSA) is 72.9 Å². The zero-order chi connectivity index (χ0) is 19.5. The first kappa shape index (κ1) is 19.6. The Morgan fingerprint density at radius 1 is 1.04 bits per heavy atom. The molecule has 9 heteroatoms. The number of nitrogens with zero attached hydrogens (tertiary/aromatic N) is 6. The van der Waals surface area contributed by atoms with Crippen LogP contribution < -0.4 is 9.80 Å². The molecule has 0 saturated carbocycles. The second kappa shape index (κ2) is 8.73. The van der Waals surface area contributed by atoms with Crippen LogP contribution in [0.3, 0.4) is 0 Å². The average Bonchev–Trinajstić information content (AvgIpc) is 3.37. The second-order valence-corrected chi connectivity index (χ2v) is 8.88. The van der Waals surface area contributed by atoms with Crippen molar-refractivity contribution in [2.45, 2.75) is 39.0 Å². The molecule has 1 aromatic heterocycles. The average molecular weight is 407 g/mol. The summed E-state index contributed by atoms with van der Waals surface area (Å²) in [6.45, 7) is 9.47. The predicted octanol–water partition coefficient (Wildman–Crippen LogP) is 1.44. The Kier molecular flexibility index (Phi) is 6.10. The number of hydrogen-bond donors (Lipinski definition) is 0. The summed E-state index contributed by atoms with van der Waals surface area (Å²) >= 11 is 1.49. The van der Waals surface area contributed by atoms with Crippen molar-refractivity contribution in [2.75, 3.05) is 62.2 Å². The molecule has 4 rings (SSSR count). The second-order valence-electron chi connectivity index (χ2n) is 7.94. The molecule has 3 fully saturated rings. The number of rotatable bonds is 5. The van der Waals surface area contributed by atoms with E-state index in [2.05, 4.69) is 31.8 Å². The Morgan fingerprint density at radius 3 is 2.39 bits per heavy atom. The van der Waals surface area contributed by atoms with E-state index in [4.69, 9.17) is 0 Å². The Balaban J connectivity index is 1.27. The molecule has 0 bridgehead atoms. The fraction of sp³-hybridized carbons (Fsp3) is 0.789. The van der Waals surface area contributed by atoms with Crippen LogP contribution in [0.2, 0.25) is 0 Å². The maximum absolute atomic E-state index is 12.9. The molecule has 0 N–H and O–H groups in total. The van der Waals surface area contributed by atoms with Crippen LogP contribution in [-0.4, -0.2) is 84.2 Å². The van der Waals surface area contributed by atoms with Crippen LogP contribution in [0.1, 0.15) is 39.0 Å². The number of piperazine rings is 1. The minimum atomic E-state index is 0.126. The van der Waals surface area contributed by atoms with Crippen molar-refractivity contribution in [3.05, 3.63) is 0 Å². The largest absolute Gasteiger partial charge is 0.347 e. The summed E-state index contributed by atoms with van der Waals surface area (Å²) in [5.74, 6) is 0.601. The third-order valence-corrected chi connectivity index (χ3v) is 7.05. The summed E-state index contributed by atoms with van der Waals surface area (Å²) in [7, 11) is 0. The highest BCUT2D eigenvalue weighted by atomic mass is 32.1. The third kappa shape index (κ3) is 4.15. The molecule has 0 radical (unpaired) electrons. The van der Waals surface area contributed by atoms with E-state index in [9.17, 15) is 9.59 Å². The van der Waals surface area contributed by atoms with Crippen LogP contribution in [0.25, 0.3) is 0 Å². The van der Waals surface area contributed by atoms with Gasteiger partial charge in [0, 0.05) is 58.2 Å². The first-order valence-electron chi connectivity index (χ1n) is 10.6. The predicted molar refractivity (Wildman–Crippen MR) is 110 cm³/mol. The van der Waals surface area contributed by atoms with Gasteiger partial charge in [-0.15, -0.1) is 10.2 Å². The molecule has 1 aromatic rings. The van der Waals surface area contributed by atoms with Crippen molar-refractivity contribution in [2.24, 2.45) is 5.92 Å². The van der Waals surface area contributed by atoms with Crippen LogP contribution in [0, 0.1) is 5.92 Å². The highest BCUT2D eigenvalue weighted by Crippen LogP contribution is 2.32. The lowest BCUT2D eigenvalue weighted by molar-refractivity contribution is -0.138. The molecule has 3 aliphatic heterocycles. The number of anilines is 2. The first-order chi connectivity index (χ1) is 13.7. The van der Waals surface area contributed by atoms with Crippen molar-refractivity contribution in [1.29, 1.82) is 0 Å². The summed E-state index contributed by atoms with van der Waals surface area (Å²) < 4.78 is 0. The molecule has 0 atom stereocenters. The fourth-order valence-electron chi connectivity index (χ4n) is 4.38. The molecule has 0 aromatic carbocycles. The van der Waals surface area contributed by atoms with Gasteiger partial charge >= 0.3 is 0 Å². The van der Waals surface area contributed by atoms with E-state index >= 15 is 0 Å². The Morgan fingerprint density at radius 2 is 1.75 bits per heavy atom. The number of aromatic nitrogens is 2. The normalized spacial score (nSPS) is 22.3. The van der Waals surface area contributed by atoms with E-state index in [0.717, 1.165) is 76.8 Å². The summed E-state index contributed by atoms with van der Waals surface area (Å²) in [4.78, 5) is 33.3. The monoisotopic (exact) mass is 406 g/mol. The van der Waals surface area contributed by atoms with E-state index in [0.29, 0.717) is 17.5 Å². The zero-order valence-electron chi connectivity index (χ0n) is 16.7. The summed E-state index contributed by atoms with van der Waals surface area (Å²) in [5.41, 5.74) is 0. The van der Waals surface area contributed by atoms with Gasteiger partial charge in [-0.25, -0.2) is 0 Å². The molecular formula is C19H30N6O2S. The zero-order valence-corrected chi connectivity index (χ0v) is 17.5. The molecule has 0 aliphatic carbocycles. The van der Waals surface area contributed by atoms with Gasteiger partial charge in [-0.1, -0.05) is 18.3 Å². The lowest BCUT2D eigenvalue weighted by Crippen LogP contribution is -2.51. The molecule has 3 saturated heterocycles. The summed E-state index contributed by atoms with van der Waals surface area (Å²) in [6.07, 6.45) is 4.41.